The molecule has 262 valence electrons. The van der Waals surface area contributed by atoms with E-state index < -0.39 is 0 Å². The molecule has 0 saturated heterocycles. The average molecular weight is 718 g/mol. The fourth-order valence-electron chi connectivity index (χ4n) is 7.95. The number of nitrogens with zero attached hydrogens (tertiary/aromatic N) is 3. The summed E-state index contributed by atoms with van der Waals surface area (Å²) in [5, 5.41) is 4.01. The van der Waals surface area contributed by atoms with Crippen molar-refractivity contribution < 1.29 is 8.83 Å². The lowest BCUT2D eigenvalue weighted by Crippen LogP contribution is -2.00. The molecule has 0 spiro atoms. The van der Waals surface area contributed by atoms with E-state index >= 15 is 0 Å². The van der Waals surface area contributed by atoms with Crippen molar-refractivity contribution in [2.45, 2.75) is 0 Å². The Labute approximate surface area is 322 Å². The standard InChI is InChI=1S/C51H31N3O2/c1-4-15-32(16-5-1)35-29-30-36(43(31-35)33-17-6-2-7-18-33)38-22-12-24-40-46-41(25-14-28-45(46)56-47(38)40)50-52-49(34-19-8-3-9-20-34)53-51(54-50)42-26-13-23-39-37-21-10-11-27-44(37)55-48(39)42/h1-31H. The van der Waals surface area contributed by atoms with Crippen LogP contribution in [-0.2, 0) is 0 Å². The molecule has 0 unspecified atom stereocenters. The summed E-state index contributed by atoms with van der Waals surface area (Å²) >= 11 is 0. The second-order valence-electron chi connectivity index (χ2n) is 13.9. The summed E-state index contributed by atoms with van der Waals surface area (Å²) in [5.74, 6) is 1.67. The van der Waals surface area contributed by atoms with E-state index in [1.54, 1.807) is 0 Å². The molecule has 56 heavy (non-hydrogen) atoms. The van der Waals surface area contributed by atoms with Crippen LogP contribution in [0.1, 0.15) is 0 Å². The summed E-state index contributed by atoms with van der Waals surface area (Å²) in [4.78, 5) is 15.4. The topological polar surface area (TPSA) is 65.0 Å². The number of fused-ring (bicyclic) bond motifs is 6. The summed E-state index contributed by atoms with van der Waals surface area (Å²) in [6.45, 7) is 0. The molecule has 11 rings (SSSR count). The Morgan fingerprint density at radius 3 is 1.61 bits per heavy atom. The van der Waals surface area contributed by atoms with Gasteiger partial charge >= 0.3 is 0 Å². The Balaban J connectivity index is 1.13. The molecule has 0 amide bonds. The van der Waals surface area contributed by atoms with Crippen LogP contribution in [0, 0.1) is 0 Å². The maximum Gasteiger partial charge on any atom is 0.167 e. The van der Waals surface area contributed by atoms with Crippen LogP contribution in [0.2, 0.25) is 0 Å². The van der Waals surface area contributed by atoms with Crippen LogP contribution in [-0.4, -0.2) is 15.0 Å². The highest BCUT2D eigenvalue weighted by molar-refractivity contribution is 6.16. The number of aromatic nitrogens is 3. The van der Waals surface area contributed by atoms with Gasteiger partial charge in [0.2, 0.25) is 0 Å². The molecule has 0 N–H and O–H groups in total. The SMILES string of the molecule is c1ccc(-c2ccc(-c3cccc4c3oc3cccc(-c5nc(-c6ccccc6)nc(-c6cccc7c6oc6ccccc67)n5)c34)c(-c3ccccc3)c2)cc1. The zero-order valence-electron chi connectivity index (χ0n) is 30.1. The molecule has 0 aliphatic carbocycles. The van der Waals surface area contributed by atoms with Gasteiger partial charge in [-0.25, -0.2) is 15.0 Å². The van der Waals surface area contributed by atoms with Gasteiger partial charge in [0.25, 0.3) is 0 Å². The minimum atomic E-state index is 0.537. The van der Waals surface area contributed by atoms with Gasteiger partial charge in [0.05, 0.1) is 5.56 Å². The van der Waals surface area contributed by atoms with E-state index in [1.165, 1.54) is 5.56 Å². The first-order valence-corrected chi connectivity index (χ1v) is 18.7. The van der Waals surface area contributed by atoms with Gasteiger partial charge in [0.1, 0.15) is 22.3 Å². The molecule has 0 aliphatic heterocycles. The number of para-hydroxylation sites is 3. The molecule has 8 aromatic carbocycles. The molecular formula is C51H31N3O2. The van der Waals surface area contributed by atoms with Crippen molar-refractivity contribution in [3.05, 3.63) is 188 Å². The molecule has 3 heterocycles. The number of benzene rings is 8. The van der Waals surface area contributed by atoms with Gasteiger partial charge in [-0.2, -0.15) is 0 Å². The van der Waals surface area contributed by atoms with E-state index in [0.29, 0.717) is 17.5 Å². The Morgan fingerprint density at radius 1 is 0.286 bits per heavy atom. The van der Waals surface area contributed by atoms with Crippen molar-refractivity contribution in [1.29, 1.82) is 0 Å². The molecule has 0 saturated carbocycles. The van der Waals surface area contributed by atoms with Gasteiger partial charge in [0.15, 0.2) is 17.5 Å². The molecule has 5 nitrogen and oxygen atoms in total. The first kappa shape index (κ1) is 31.9. The number of rotatable bonds is 6. The van der Waals surface area contributed by atoms with Crippen molar-refractivity contribution in [3.63, 3.8) is 0 Å². The fourth-order valence-corrected chi connectivity index (χ4v) is 7.95. The molecule has 0 fully saturated rings. The number of hydrogen-bond donors (Lipinski definition) is 0. The van der Waals surface area contributed by atoms with Crippen LogP contribution in [0.4, 0.5) is 0 Å². The number of hydrogen-bond acceptors (Lipinski definition) is 5. The molecular weight excluding hydrogens is 687 g/mol. The molecule has 0 aliphatic rings. The average Bonchev–Trinajstić information content (AvgIpc) is 3.86. The second-order valence-corrected chi connectivity index (χ2v) is 13.9. The molecule has 0 atom stereocenters. The first-order valence-electron chi connectivity index (χ1n) is 18.7. The first-order chi connectivity index (χ1) is 27.8. The van der Waals surface area contributed by atoms with E-state index in [9.17, 15) is 0 Å². The van der Waals surface area contributed by atoms with Crippen LogP contribution >= 0.6 is 0 Å². The van der Waals surface area contributed by atoms with E-state index in [-0.39, 0.29) is 0 Å². The lowest BCUT2D eigenvalue weighted by atomic mass is 9.90. The molecule has 0 bridgehead atoms. The summed E-state index contributed by atoms with van der Waals surface area (Å²) in [5.41, 5.74) is 12.4. The summed E-state index contributed by atoms with van der Waals surface area (Å²) in [6, 6.07) is 64.5. The largest absolute Gasteiger partial charge is 0.455 e. The third kappa shape index (κ3) is 5.29. The molecule has 5 heteroatoms. The normalized spacial score (nSPS) is 11.6. The lowest BCUT2D eigenvalue weighted by molar-refractivity contribution is 0.669. The van der Waals surface area contributed by atoms with Gasteiger partial charge in [-0.05, 0) is 52.1 Å². The van der Waals surface area contributed by atoms with Crippen LogP contribution in [0.15, 0.2) is 197 Å². The quantitative estimate of drug-likeness (QED) is 0.171. The van der Waals surface area contributed by atoms with Crippen LogP contribution < -0.4 is 0 Å². The maximum absolute atomic E-state index is 6.84. The van der Waals surface area contributed by atoms with E-state index in [1.807, 2.05) is 78.9 Å². The van der Waals surface area contributed by atoms with Crippen LogP contribution in [0.3, 0.4) is 0 Å². The van der Waals surface area contributed by atoms with Gasteiger partial charge in [0, 0.05) is 38.2 Å². The molecule has 0 radical (unpaired) electrons. The Morgan fingerprint density at radius 2 is 0.821 bits per heavy atom. The van der Waals surface area contributed by atoms with Gasteiger partial charge < -0.3 is 8.83 Å². The predicted molar refractivity (Wildman–Crippen MR) is 227 cm³/mol. The van der Waals surface area contributed by atoms with Crippen LogP contribution in [0.25, 0.3) is 111 Å². The van der Waals surface area contributed by atoms with Crippen molar-refractivity contribution in [1.82, 2.24) is 15.0 Å². The minimum Gasteiger partial charge on any atom is -0.455 e. The fraction of sp³-hybridized carbons (Fsp3) is 0. The third-order valence-corrected chi connectivity index (χ3v) is 10.6. The summed E-state index contributed by atoms with van der Waals surface area (Å²) < 4.78 is 13.3. The lowest BCUT2D eigenvalue weighted by Gasteiger charge is -2.13. The highest BCUT2D eigenvalue weighted by atomic mass is 16.3. The highest BCUT2D eigenvalue weighted by Gasteiger charge is 2.22. The van der Waals surface area contributed by atoms with Gasteiger partial charge in [-0.1, -0.05) is 164 Å². The van der Waals surface area contributed by atoms with Crippen molar-refractivity contribution in [2.24, 2.45) is 0 Å². The van der Waals surface area contributed by atoms with Crippen molar-refractivity contribution >= 4 is 43.9 Å². The predicted octanol–water partition coefficient (Wildman–Crippen LogP) is 13.7. The third-order valence-electron chi connectivity index (χ3n) is 10.6. The zero-order valence-corrected chi connectivity index (χ0v) is 30.1. The van der Waals surface area contributed by atoms with Crippen molar-refractivity contribution in [2.75, 3.05) is 0 Å². The second kappa shape index (κ2) is 13.0. The molecule has 3 aromatic heterocycles. The minimum absolute atomic E-state index is 0.537. The Bertz CT molecular complexity index is 3240. The maximum atomic E-state index is 6.84. The van der Waals surface area contributed by atoms with E-state index in [0.717, 1.165) is 88.4 Å². The Hall–Kier alpha value is -7.63. The van der Waals surface area contributed by atoms with Gasteiger partial charge in [-0.3, -0.25) is 0 Å². The van der Waals surface area contributed by atoms with Crippen molar-refractivity contribution in [3.8, 4) is 67.5 Å². The van der Waals surface area contributed by atoms with Gasteiger partial charge in [-0.15, -0.1) is 0 Å². The molecule has 11 aromatic rings. The van der Waals surface area contributed by atoms with E-state index in [4.69, 9.17) is 23.8 Å². The number of furan rings is 2. The summed E-state index contributed by atoms with van der Waals surface area (Å²) in [7, 11) is 0. The Kier molecular flexibility index (Phi) is 7.42. The monoisotopic (exact) mass is 717 g/mol. The van der Waals surface area contributed by atoms with E-state index in [2.05, 4.69) is 109 Å². The smallest absolute Gasteiger partial charge is 0.167 e. The summed E-state index contributed by atoms with van der Waals surface area (Å²) in [6.07, 6.45) is 0. The van der Waals surface area contributed by atoms with Crippen LogP contribution in [0.5, 0.6) is 0 Å². The highest BCUT2D eigenvalue weighted by Crippen LogP contribution is 2.44. The zero-order chi connectivity index (χ0) is 37.0.